The summed E-state index contributed by atoms with van der Waals surface area (Å²) in [6, 6.07) is 21.0. The van der Waals surface area contributed by atoms with Crippen LogP contribution in [0.4, 0.5) is 5.69 Å². The lowest BCUT2D eigenvalue weighted by molar-refractivity contribution is -0.387. The predicted octanol–water partition coefficient (Wildman–Crippen LogP) is 4.09. The first kappa shape index (κ1) is 15.9. The zero-order valence-electron chi connectivity index (χ0n) is 12.5. The van der Waals surface area contributed by atoms with Crippen molar-refractivity contribution in [3.8, 4) is 11.1 Å². The Kier molecular flexibility index (Phi) is 4.14. The van der Waals surface area contributed by atoms with Crippen LogP contribution in [-0.2, 0) is 9.84 Å². The van der Waals surface area contributed by atoms with Crippen molar-refractivity contribution in [2.45, 2.75) is 9.79 Å². The molecule has 3 rings (SSSR count). The quantitative estimate of drug-likeness (QED) is 0.530. The van der Waals surface area contributed by atoms with E-state index < -0.39 is 20.4 Å². The minimum atomic E-state index is -3.99. The topological polar surface area (TPSA) is 77.3 Å². The zero-order chi connectivity index (χ0) is 17.2. The Labute approximate surface area is 139 Å². The Balaban J connectivity index is 2.24. The van der Waals surface area contributed by atoms with Gasteiger partial charge in [0.15, 0.2) is 0 Å². The smallest absolute Gasteiger partial charge is 0.258 e. The van der Waals surface area contributed by atoms with E-state index in [1.165, 1.54) is 24.3 Å². The standard InChI is InChI=1S/C18H13NO4S/c20-19(21)17-12-11-15(14-7-3-1-4-8-14)13-18(17)24(22,23)16-9-5-2-6-10-16/h1-13H. The maximum absolute atomic E-state index is 12.8. The largest absolute Gasteiger partial charge is 0.288 e. The summed E-state index contributed by atoms with van der Waals surface area (Å²) in [6.45, 7) is 0. The molecular weight excluding hydrogens is 326 g/mol. The summed E-state index contributed by atoms with van der Waals surface area (Å²) in [5, 5.41) is 11.3. The van der Waals surface area contributed by atoms with Crippen LogP contribution >= 0.6 is 0 Å². The van der Waals surface area contributed by atoms with E-state index in [1.54, 1.807) is 24.3 Å². The summed E-state index contributed by atoms with van der Waals surface area (Å²) in [5.41, 5.74) is 0.964. The number of rotatable bonds is 4. The maximum atomic E-state index is 12.8. The van der Waals surface area contributed by atoms with Crippen molar-refractivity contribution < 1.29 is 13.3 Å². The molecule has 0 fully saturated rings. The van der Waals surface area contributed by atoms with Crippen LogP contribution in [0.3, 0.4) is 0 Å². The molecule has 0 unspecified atom stereocenters. The minimum absolute atomic E-state index is 0.0262. The highest BCUT2D eigenvalue weighted by Crippen LogP contribution is 2.33. The SMILES string of the molecule is O=[N+]([O-])c1ccc(-c2ccccc2)cc1S(=O)(=O)c1ccccc1. The first-order valence-electron chi connectivity index (χ1n) is 7.14. The van der Waals surface area contributed by atoms with Gasteiger partial charge in [-0.25, -0.2) is 8.42 Å². The number of hydrogen-bond acceptors (Lipinski definition) is 4. The van der Waals surface area contributed by atoms with Crippen molar-refractivity contribution in [2.75, 3.05) is 0 Å². The van der Waals surface area contributed by atoms with Crippen LogP contribution in [0.15, 0.2) is 88.7 Å². The molecule has 24 heavy (non-hydrogen) atoms. The van der Waals surface area contributed by atoms with E-state index in [0.717, 1.165) is 5.56 Å². The molecule has 3 aromatic carbocycles. The molecule has 0 aliphatic rings. The van der Waals surface area contributed by atoms with Crippen molar-refractivity contribution in [2.24, 2.45) is 0 Å². The fourth-order valence-corrected chi connectivity index (χ4v) is 3.89. The molecule has 0 radical (unpaired) electrons. The number of sulfone groups is 1. The summed E-state index contributed by atoms with van der Waals surface area (Å²) in [6.07, 6.45) is 0. The highest BCUT2D eigenvalue weighted by atomic mass is 32.2. The van der Waals surface area contributed by atoms with Crippen LogP contribution in [0.5, 0.6) is 0 Å². The summed E-state index contributed by atoms with van der Waals surface area (Å²) in [5.74, 6) is 0. The molecule has 0 spiro atoms. The van der Waals surface area contributed by atoms with Crippen LogP contribution in [0.25, 0.3) is 11.1 Å². The van der Waals surface area contributed by atoms with Crippen LogP contribution in [0.1, 0.15) is 0 Å². The third kappa shape index (κ3) is 2.91. The van der Waals surface area contributed by atoms with E-state index in [9.17, 15) is 18.5 Å². The lowest BCUT2D eigenvalue weighted by Gasteiger charge is -2.08. The molecule has 0 aromatic heterocycles. The second-order valence-corrected chi connectivity index (χ2v) is 7.04. The first-order valence-corrected chi connectivity index (χ1v) is 8.62. The van der Waals surface area contributed by atoms with Gasteiger partial charge in [0.25, 0.3) is 5.69 Å². The molecule has 0 aliphatic carbocycles. The van der Waals surface area contributed by atoms with Crippen LogP contribution < -0.4 is 0 Å². The number of benzene rings is 3. The van der Waals surface area contributed by atoms with Gasteiger partial charge < -0.3 is 0 Å². The summed E-state index contributed by atoms with van der Waals surface area (Å²) >= 11 is 0. The molecule has 0 saturated heterocycles. The second kappa shape index (κ2) is 6.25. The van der Waals surface area contributed by atoms with Crippen molar-refractivity contribution in [1.82, 2.24) is 0 Å². The van der Waals surface area contributed by atoms with Crippen LogP contribution in [0, 0.1) is 10.1 Å². The average molecular weight is 339 g/mol. The van der Waals surface area contributed by atoms with E-state index in [0.29, 0.717) is 5.56 Å². The fraction of sp³-hybridized carbons (Fsp3) is 0. The van der Waals surface area contributed by atoms with Gasteiger partial charge in [0.2, 0.25) is 9.84 Å². The molecule has 0 aliphatic heterocycles. The van der Waals surface area contributed by atoms with Crippen molar-refractivity contribution in [3.63, 3.8) is 0 Å². The third-order valence-corrected chi connectivity index (χ3v) is 5.41. The number of nitrogens with zero attached hydrogens (tertiary/aromatic N) is 1. The Morgan fingerprint density at radius 2 is 1.33 bits per heavy atom. The van der Waals surface area contributed by atoms with Gasteiger partial charge in [-0.3, -0.25) is 10.1 Å². The lowest BCUT2D eigenvalue weighted by atomic mass is 10.1. The van der Waals surface area contributed by atoms with E-state index in [-0.39, 0.29) is 9.79 Å². The third-order valence-electron chi connectivity index (χ3n) is 3.61. The van der Waals surface area contributed by atoms with Gasteiger partial charge in [-0.05, 0) is 35.4 Å². The zero-order valence-corrected chi connectivity index (χ0v) is 13.3. The highest BCUT2D eigenvalue weighted by molar-refractivity contribution is 7.91. The maximum Gasteiger partial charge on any atom is 0.288 e. The normalized spacial score (nSPS) is 11.2. The van der Waals surface area contributed by atoms with Crippen molar-refractivity contribution in [3.05, 3.63) is 89.0 Å². The molecule has 5 nitrogen and oxygen atoms in total. The van der Waals surface area contributed by atoms with Crippen molar-refractivity contribution in [1.29, 1.82) is 0 Å². The molecule has 6 heteroatoms. The van der Waals surface area contributed by atoms with Gasteiger partial charge in [-0.15, -0.1) is 0 Å². The molecule has 0 saturated carbocycles. The Morgan fingerprint density at radius 1 is 0.750 bits per heavy atom. The van der Waals surface area contributed by atoms with E-state index in [1.807, 2.05) is 30.3 Å². The van der Waals surface area contributed by atoms with Crippen LogP contribution in [-0.4, -0.2) is 13.3 Å². The van der Waals surface area contributed by atoms with Gasteiger partial charge in [0.1, 0.15) is 4.90 Å². The number of nitro groups is 1. The summed E-state index contributed by atoms with van der Waals surface area (Å²) in [4.78, 5) is 10.3. The molecule has 0 atom stereocenters. The molecule has 0 bridgehead atoms. The second-order valence-electron chi connectivity index (χ2n) is 5.12. The Bertz CT molecular complexity index is 984. The molecule has 120 valence electrons. The number of nitro benzene ring substituents is 1. The molecule has 0 amide bonds. The summed E-state index contributed by atoms with van der Waals surface area (Å²) in [7, 11) is -3.99. The molecule has 0 N–H and O–H groups in total. The van der Waals surface area contributed by atoms with Gasteiger partial charge in [-0.2, -0.15) is 0 Å². The lowest BCUT2D eigenvalue weighted by Crippen LogP contribution is -2.06. The minimum Gasteiger partial charge on any atom is -0.258 e. The van der Waals surface area contributed by atoms with Crippen LogP contribution in [0.2, 0.25) is 0 Å². The van der Waals surface area contributed by atoms with E-state index >= 15 is 0 Å². The molecule has 3 aromatic rings. The number of hydrogen-bond donors (Lipinski definition) is 0. The molecule has 0 heterocycles. The summed E-state index contributed by atoms with van der Waals surface area (Å²) < 4.78 is 25.7. The van der Waals surface area contributed by atoms with Gasteiger partial charge >= 0.3 is 0 Å². The Morgan fingerprint density at radius 3 is 1.92 bits per heavy atom. The van der Waals surface area contributed by atoms with Gasteiger partial charge in [-0.1, -0.05) is 48.5 Å². The Hall–Kier alpha value is -2.99. The van der Waals surface area contributed by atoms with Crippen molar-refractivity contribution >= 4 is 15.5 Å². The monoisotopic (exact) mass is 339 g/mol. The van der Waals surface area contributed by atoms with E-state index in [4.69, 9.17) is 0 Å². The predicted molar refractivity (Wildman–Crippen MR) is 90.4 cm³/mol. The molecular formula is C18H13NO4S. The van der Waals surface area contributed by atoms with Gasteiger partial charge in [0.05, 0.1) is 9.82 Å². The van der Waals surface area contributed by atoms with E-state index in [2.05, 4.69) is 0 Å². The first-order chi connectivity index (χ1) is 11.5. The van der Waals surface area contributed by atoms with Gasteiger partial charge in [0, 0.05) is 6.07 Å². The average Bonchev–Trinajstić information content (AvgIpc) is 2.62. The highest BCUT2D eigenvalue weighted by Gasteiger charge is 2.28. The fourth-order valence-electron chi connectivity index (χ4n) is 2.42.